The van der Waals surface area contributed by atoms with Crippen LogP contribution in [-0.2, 0) is 23.2 Å². The highest BCUT2D eigenvalue weighted by molar-refractivity contribution is 6.74. The lowest BCUT2D eigenvalue weighted by Gasteiger charge is -2.39. The molecule has 0 radical (unpaired) electrons. The van der Waals surface area contributed by atoms with E-state index in [0.29, 0.717) is 0 Å². The van der Waals surface area contributed by atoms with Crippen LogP contribution in [0.5, 0.6) is 0 Å². The molecule has 0 aliphatic rings. The minimum absolute atomic E-state index is 0.0162. The second kappa shape index (κ2) is 10.0. The number of esters is 1. The summed E-state index contributed by atoms with van der Waals surface area (Å²) < 4.78 is 17.5. The van der Waals surface area contributed by atoms with Crippen molar-refractivity contribution < 1.29 is 23.2 Å². The van der Waals surface area contributed by atoms with E-state index in [4.69, 9.17) is 13.6 Å². The topological polar surface area (TPSA) is 61.8 Å². The fourth-order valence-electron chi connectivity index (χ4n) is 2.15. The standard InChI is InChI=1S/C22H44O5Si2/c1-16(20(24)25-9)19(27-29(12,13)22(6,7)8)15-14-18(23)17(2)26-28(10,11)21(3,4)5/h14-17,19H,1-13H3/b15-14+/t16-,17+,19+/m1/s1. The van der Waals surface area contributed by atoms with E-state index in [9.17, 15) is 9.59 Å². The second-order valence-corrected chi connectivity index (χ2v) is 20.4. The Hall–Kier alpha value is -0.766. The van der Waals surface area contributed by atoms with E-state index < -0.39 is 34.8 Å². The highest BCUT2D eigenvalue weighted by Gasteiger charge is 2.41. The maximum absolute atomic E-state index is 12.7. The van der Waals surface area contributed by atoms with Crippen LogP contribution in [0, 0.1) is 5.92 Å². The number of carbonyl (C=O) groups excluding carboxylic acids is 2. The summed E-state index contributed by atoms with van der Waals surface area (Å²) in [4.78, 5) is 24.9. The van der Waals surface area contributed by atoms with Gasteiger partial charge >= 0.3 is 5.97 Å². The van der Waals surface area contributed by atoms with E-state index in [1.54, 1.807) is 19.9 Å². The summed E-state index contributed by atoms with van der Waals surface area (Å²) in [5.74, 6) is -0.970. The molecule has 0 aromatic heterocycles. The van der Waals surface area contributed by atoms with E-state index in [0.717, 1.165) is 0 Å². The van der Waals surface area contributed by atoms with Crippen LogP contribution in [0.1, 0.15) is 55.4 Å². The molecule has 170 valence electrons. The molecule has 3 atom stereocenters. The molecule has 5 nitrogen and oxygen atoms in total. The normalized spacial score (nSPS) is 17.1. The molecule has 29 heavy (non-hydrogen) atoms. The van der Waals surface area contributed by atoms with Crippen molar-refractivity contribution in [3.8, 4) is 0 Å². The average molecular weight is 445 g/mol. The Bertz CT molecular complexity index is 597. The molecule has 0 rings (SSSR count). The van der Waals surface area contributed by atoms with Crippen LogP contribution in [0.25, 0.3) is 0 Å². The zero-order valence-electron chi connectivity index (χ0n) is 20.9. The van der Waals surface area contributed by atoms with Crippen molar-refractivity contribution in [1.82, 2.24) is 0 Å². The van der Waals surface area contributed by atoms with Gasteiger partial charge < -0.3 is 13.6 Å². The lowest BCUT2D eigenvalue weighted by atomic mass is 10.0. The Kier molecular flexibility index (Phi) is 9.76. The van der Waals surface area contributed by atoms with E-state index >= 15 is 0 Å². The molecule has 0 saturated carbocycles. The number of carbonyl (C=O) groups is 2. The third-order valence-electron chi connectivity index (χ3n) is 6.43. The van der Waals surface area contributed by atoms with Crippen LogP contribution < -0.4 is 0 Å². The number of methoxy groups -OCH3 is 1. The van der Waals surface area contributed by atoms with Gasteiger partial charge in [0, 0.05) is 0 Å². The molecule has 0 fully saturated rings. The number of hydrogen-bond acceptors (Lipinski definition) is 5. The molecular formula is C22H44O5Si2. The van der Waals surface area contributed by atoms with E-state index in [-0.39, 0.29) is 21.8 Å². The fourth-order valence-corrected chi connectivity index (χ4v) is 4.82. The van der Waals surface area contributed by atoms with Crippen molar-refractivity contribution in [2.24, 2.45) is 5.92 Å². The van der Waals surface area contributed by atoms with Gasteiger partial charge in [0.15, 0.2) is 22.4 Å². The first-order valence-electron chi connectivity index (χ1n) is 10.4. The first-order valence-corrected chi connectivity index (χ1v) is 16.2. The summed E-state index contributed by atoms with van der Waals surface area (Å²) in [7, 11) is -2.83. The van der Waals surface area contributed by atoms with Gasteiger partial charge in [0.05, 0.1) is 19.1 Å². The van der Waals surface area contributed by atoms with Gasteiger partial charge in [-0.25, -0.2) is 0 Å². The van der Waals surface area contributed by atoms with Crippen molar-refractivity contribution in [1.29, 1.82) is 0 Å². The number of hydrogen-bond donors (Lipinski definition) is 0. The lowest BCUT2D eigenvalue weighted by molar-refractivity contribution is -0.147. The predicted molar refractivity (Wildman–Crippen MR) is 125 cm³/mol. The highest BCUT2D eigenvalue weighted by atomic mass is 28.4. The quantitative estimate of drug-likeness (QED) is 0.258. The molecule has 0 aliphatic heterocycles. The molecule has 0 aliphatic carbocycles. The predicted octanol–water partition coefficient (Wildman–Crippen LogP) is 5.72. The zero-order valence-corrected chi connectivity index (χ0v) is 22.9. The zero-order chi connectivity index (χ0) is 23.4. The van der Waals surface area contributed by atoms with E-state index in [1.165, 1.54) is 13.2 Å². The van der Waals surface area contributed by atoms with Crippen molar-refractivity contribution in [3.63, 3.8) is 0 Å². The fraction of sp³-hybridized carbons (Fsp3) is 0.818. The maximum atomic E-state index is 12.7. The Morgan fingerprint density at radius 3 is 1.62 bits per heavy atom. The molecule has 0 saturated heterocycles. The van der Waals surface area contributed by atoms with E-state index in [2.05, 4.69) is 67.7 Å². The van der Waals surface area contributed by atoms with Crippen LogP contribution in [0.4, 0.5) is 0 Å². The number of ether oxygens (including phenoxy) is 1. The van der Waals surface area contributed by atoms with E-state index in [1.807, 2.05) is 0 Å². The summed E-state index contributed by atoms with van der Waals surface area (Å²) in [5.41, 5.74) is 0. The van der Waals surface area contributed by atoms with Gasteiger partial charge in [-0.15, -0.1) is 0 Å². The third kappa shape index (κ3) is 8.11. The summed E-state index contributed by atoms with van der Waals surface area (Å²) in [5, 5.41) is 0.0102. The molecular weight excluding hydrogens is 400 g/mol. The minimum Gasteiger partial charge on any atom is -0.469 e. The van der Waals surface area contributed by atoms with Gasteiger partial charge in [-0.05, 0) is 56.2 Å². The lowest BCUT2D eigenvalue weighted by Crippen LogP contribution is -2.46. The molecule has 0 bridgehead atoms. The molecule has 0 amide bonds. The van der Waals surface area contributed by atoms with Crippen molar-refractivity contribution >= 4 is 28.4 Å². The van der Waals surface area contributed by atoms with Gasteiger partial charge in [-0.3, -0.25) is 9.59 Å². The monoisotopic (exact) mass is 444 g/mol. The summed E-state index contributed by atoms with van der Waals surface area (Å²) in [6.07, 6.45) is 2.16. The maximum Gasteiger partial charge on any atom is 0.311 e. The van der Waals surface area contributed by atoms with Gasteiger partial charge in [0.2, 0.25) is 0 Å². The number of rotatable bonds is 9. The SMILES string of the molecule is COC(=O)[C@H](C)[C@H](/C=C/C(=O)[C@H](C)O[Si](C)(C)C(C)(C)C)O[Si](C)(C)C(C)(C)C. The Labute approximate surface area is 180 Å². The Morgan fingerprint density at radius 2 is 1.24 bits per heavy atom. The first kappa shape index (κ1) is 28.2. The summed E-state index contributed by atoms with van der Waals surface area (Å²) in [6, 6.07) is 0. The van der Waals surface area contributed by atoms with Gasteiger partial charge in [0.25, 0.3) is 0 Å². The van der Waals surface area contributed by atoms with Crippen LogP contribution in [0.3, 0.4) is 0 Å². The van der Waals surface area contributed by atoms with Crippen LogP contribution >= 0.6 is 0 Å². The van der Waals surface area contributed by atoms with Gasteiger partial charge in [0.1, 0.15) is 6.10 Å². The minimum atomic E-state index is -2.15. The molecule has 0 aromatic carbocycles. The molecule has 0 spiro atoms. The van der Waals surface area contributed by atoms with Gasteiger partial charge in [-0.2, -0.15) is 0 Å². The Balaban J connectivity index is 5.55. The van der Waals surface area contributed by atoms with Crippen molar-refractivity contribution in [3.05, 3.63) is 12.2 Å². The smallest absolute Gasteiger partial charge is 0.311 e. The second-order valence-electron chi connectivity index (χ2n) is 10.9. The van der Waals surface area contributed by atoms with Crippen LogP contribution in [-0.4, -0.2) is 47.7 Å². The average Bonchev–Trinajstić information content (AvgIpc) is 2.54. The summed E-state index contributed by atoms with van der Waals surface area (Å²) >= 11 is 0. The van der Waals surface area contributed by atoms with Gasteiger partial charge in [-0.1, -0.05) is 47.6 Å². The molecule has 0 unspecified atom stereocenters. The van der Waals surface area contributed by atoms with Crippen molar-refractivity contribution in [2.45, 2.75) is 104 Å². The molecule has 0 aromatic rings. The number of ketones is 1. The molecule has 0 N–H and O–H groups in total. The highest BCUT2D eigenvalue weighted by Crippen LogP contribution is 2.39. The molecule has 0 heterocycles. The van der Waals surface area contributed by atoms with Crippen LogP contribution in [0.2, 0.25) is 36.3 Å². The largest absolute Gasteiger partial charge is 0.469 e. The third-order valence-corrected chi connectivity index (χ3v) is 15.5. The Morgan fingerprint density at radius 1 is 0.828 bits per heavy atom. The van der Waals surface area contributed by atoms with Crippen LogP contribution in [0.15, 0.2) is 12.2 Å². The first-order chi connectivity index (χ1) is 12.8. The molecule has 7 heteroatoms. The van der Waals surface area contributed by atoms with Crippen molar-refractivity contribution in [2.75, 3.05) is 7.11 Å². The summed E-state index contributed by atoms with van der Waals surface area (Å²) in [6.45, 7) is 24.9.